The van der Waals surface area contributed by atoms with Gasteiger partial charge in [-0.3, -0.25) is 4.79 Å². The van der Waals surface area contributed by atoms with Crippen molar-refractivity contribution >= 4 is 32.6 Å². The molecule has 0 saturated heterocycles. The van der Waals surface area contributed by atoms with Crippen molar-refractivity contribution in [3.8, 4) is 0 Å². The molecule has 0 spiro atoms. The second-order valence-corrected chi connectivity index (χ2v) is 9.27. The van der Waals surface area contributed by atoms with Crippen LogP contribution >= 0.6 is 25.8 Å². The van der Waals surface area contributed by atoms with E-state index in [0.29, 0.717) is 0 Å². The molecule has 0 aliphatic rings. The maximum atomic E-state index is 8.47. The Morgan fingerprint density at radius 3 is 0.436 bits per heavy atom. The van der Waals surface area contributed by atoms with Gasteiger partial charge in [0.25, 0.3) is 6.79 Å². The average molecular weight is 693 g/mol. The van der Waals surface area contributed by atoms with Gasteiger partial charge in [0.1, 0.15) is 0 Å². The van der Waals surface area contributed by atoms with Crippen molar-refractivity contribution in [2.24, 2.45) is 16.2 Å². The molecule has 0 atom stereocenters. The second kappa shape index (κ2) is 40.9. The average Bonchev–Trinajstić information content (AvgIpc) is 2.88. The first-order valence-electron chi connectivity index (χ1n) is 9.53. The zero-order valence-corrected chi connectivity index (χ0v) is 25.2. The van der Waals surface area contributed by atoms with Crippen LogP contribution in [-0.4, -0.2) is 156 Å². The Morgan fingerprint density at radius 2 is 0.436 bits per heavy atom. The van der Waals surface area contributed by atoms with Gasteiger partial charge in [0, 0.05) is 32.7 Å². The predicted octanol–water partition coefficient (Wildman–Crippen LogP) is -5.92. The number of hydrogen-bond acceptors (Lipinski definition) is 19. The van der Waals surface area contributed by atoms with Crippen molar-refractivity contribution in [2.45, 2.75) is 20.8 Å². The number of aliphatic hydroxyl groups excluding tert-OH is 9. The molecule has 248 valence electrons. The molecule has 18 N–H and O–H groups in total. The molecule has 23 heteroatoms. The summed E-state index contributed by atoms with van der Waals surface area (Å²) in [5.41, 5.74) is -2.13. The second-order valence-electron chi connectivity index (χ2n) is 7.66. The van der Waals surface area contributed by atoms with E-state index < -0.39 is 42.1 Å². The van der Waals surface area contributed by atoms with E-state index >= 15 is 0 Å². The van der Waals surface area contributed by atoms with Gasteiger partial charge in [-0.15, -0.1) is 0 Å². The van der Waals surface area contributed by atoms with Gasteiger partial charge in [-0.25, -0.2) is 0 Å². The zero-order valence-electron chi connectivity index (χ0n) is 21.5. The maximum absolute atomic E-state index is 8.47. The van der Waals surface area contributed by atoms with Gasteiger partial charge in [-0.2, -0.15) is 0 Å². The van der Waals surface area contributed by atoms with Crippen LogP contribution in [0.3, 0.4) is 0 Å². The summed E-state index contributed by atoms with van der Waals surface area (Å²) in [5.74, 6) is 0. The van der Waals surface area contributed by atoms with Crippen molar-refractivity contribution in [1.29, 1.82) is 0 Å². The third-order valence-electron chi connectivity index (χ3n) is 3.44. The first kappa shape index (κ1) is 59.2. The van der Waals surface area contributed by atoms with Crippen LogP contribution < -0.4 is 0 Å². The van der Waals surface area contributed by atoms with Crippen LogP contribution in [0, 0.1) is 16.2 Å². The maximum Gasteiger partial charge on any atom is 0.324 e. The van der Waals surface area contributed by atoms with Gasteiger partial charge < -0.3 is 90.0 Å². The van der Waals surface area contributed by atoms with E-state index in [1.165, 1.54) is 0 Å². The first-order valence-corrected chi connectivity index (χ1v) is 13.1. The van der Waals surface area contributed by atoms with Gasteiger partial charge in [-0.1, -0.05) is 20.8 Å². The Hall–Kier alpha value is 0.734. The molecule has 0 aliphatic carbocycles. The molecule has 19 nitrogen and oxygen atoms in total. The number of aliphatic hydroxyl groups is 9. The predicted molar refractivity (Wildman–Crippen MR) is 135 cm³/mol. The van der Waals surface area contributed by atoms with Crippen LogP contribution in [0.25, 0.3) is 0 Å². The molecular formula is C16H45NiO19P3. The standard InChI is InChI=1S/3C5H12O3.CO.Ni.3H3O3P/c3*1-5(2-6,3-7)4-8;1-2;;3*1-4(2)3/h3*6-8H,2-4H2,1H3;;;3*1-3H. The molecule has 0 bridgehead atoms. The van der Waals surface area contributed by atoms with Crippen molar-refractivity contribution in [3.63, 3.8) is 0 Å². The summed E-state index contributed by atoms with van der Waals surface area (Å²) < 4.78 is 0. The minimum absolute atomic E-state index is 0. The molecule has 0 rings (SSSR count). The number of hydrogen-bond donors (Lipinski definition) is 18. The molecule has 2 radical (unpaired) electrons. The molecule has 39 heavy (non-hydrogen) atoms. The summed E-state index contributed by atoms with van der Waals surface area (Å²) >= 11 is 0. The van der Waals surface area contributed by atoms with E-state index in [2.05, 4.69) is 6.79 Å². The molecular weight excluding hydrogens is 648 g/mol. The minimum Gasteiger partial charge on any atom is -0.396 e. The van der Waals surface area contributed by atoms with Crippen LogP contribution in [0.4, 0.5) is 0 Å². The van der Waals surface area contributed by atoms with Gasteiger partial charge in [0.2, 0.25) is 0 Å². The number of carbonyl (C=O) groups excluding carboxylic acids is 1. The molecule has 0 saturated carbocycles. The van der Waals surface area contributed by atoms with Gasteiger partial charge in [0.05, 0.1) is 59.5 Å². The Kier molecular flexibility index (Phi) is 62.0. The summed E-state index contributed by atoms with van der Waals surface area (Å²) in [6.07, 6.45) is 0. The minimum atomic E-state index is -2.62. The first-order chi connectivity index (χ1) is 17.2. The summed E-state index contributed by atoms with van der Waals surface area (Å²) in [7, 11) is -7.86. The van der Waals surface area contributed by atoms with Crippen LogP contribution in [-0.2, 0) is 21.3 Å². The van der Waals surface area contributed by atoms with Crippen molar-refractivity contribution < 1.29 is 111 Å². The smallest absolute Gasteiger partial charge is 0.324 e. The van der Waals surface area contributed by atoms with E-state index in [0.717, 1.165) is 0 Å². The van der Waals surface area contributed by atoms with Crippen LogP contribution in [0.5, 0.6) is 0 Å². The third-order valence-corrected chi connectivity index (χ3v) is 3.44. The molecule has 0 aromatic heterocycles. The molecule has 0 aromatic rings. The fourth-order valence-corrected chi connectivity index (χ4v) is 0.450. The molecule has 0 aliphatic heterocycles. The van der Waals surface area contributed by atoms with Gasteiger partial charge in [-0.05, 0) is 0 Å². The van der Waals surface area contributed by atoms with Gasteiger partial charge in [0.15, 0.2) is 0 Å². The Bertz CT molecular complexity index is 328. The van der Waals surface area contributed by atoms with Crippen molar-refractivity contribution in [2.75, 3.05) is 59.5 Å². The normalized spacial score (nSPS) is 10.3. The van der Waals surface area contributed by atoms with Crippen molar-refractivity contribution in [3.05, 3.63) is 0 Å². The fraction of sp³-hybridized carbons (Fsp3) is 0.938. The van der Waals surface area contributed by atoms with E-state index in [1.54, 1.807) is 20.8 Å². The van der Waals surface area contributed by atoms with E-state index in [-0.39, 0.29) is 76.0 Å². The van der Waals surface area contributed by atoms with Crippen LogP contribution in [0.2, 0.25) is 0 Å². The molecule has 0 aromatic carbocycles. The van der Waals surface area contributed by atoms with Crippen LogP contribution in [0.1, 0.15) is 20.8 Å². The third kappa shape index (κ3) is 68.0. The van der Waals surface area contributed by atoms with Crippen molar-refractivity contribution in [1.82, 2.24) is 0 Å². The SMILES string of the molecule is CC(CO)(CO)CO.CC(CO)(CO)CO.CC(CO)(CO)CO.OP(O)O.OP(O)O.OP(O)O.[C]=O.[Ni]. The summed E-state index contributed by atoms with van der Waals surface area (Å²) in [6, 6.07) is 0. The van der Waals surface area contributed by atoms with Gasteiger partial charge >= 0.3 is 25.8 Å². The summed E-state index contributed by atoms with van der Waals surface area (Å²) in [4.78, 5) is 72.6. The van der Waals surface area contributed by atoms with Crippen LogP contribution in [0.15, 0.2) is 0 Å². The monoisotopic (exact) mass is 692 g/mol. The Morgan fingerprint density at radius 1 is 0.385 bits per heavy atom. The topological polar surface area (TPSA) is 381 Å². The summed E-state index contributed by atoms with van der Waals surface area (Å²) in [5, 5.41) is 76.2. The largest absolute Gasteiger partial charge is 0.396 e. The fourth-order valence-electron chi connectivity index (χ4n) is 0.450. The Labute approximate surface area is 240 Å². The molecule has 0 amide bonds. The molecule has 0 fully saturated rings. The molecule has 0 unspecified atom stereocenters. The zero-order chi connectivity index (χ0) is 32.6. The molecule has 0 heterocycles. The van der Waals surface area contributed by atoms with E-state index in [4.69, 9.17) is 94.8 Å². The number of rotatable bonds is 9. The summed E-state index contributed by atoms with van der Waals surface area (Å²) in [6.45, 7) is 7.69. The van der Waals surface area contributed by atoms with E-state index in [9.17, 15) is 0 Å². The Balaban J connectivity index is -0.0000000497. The quantitative estimate of drug-likeness (QED) is 0.0789. The van der Waals surface area contributed by atoms with E-state index in [1.807, 2.05) is 0 Å².